The first kappa shape index (κ1) is 12.0. The van der Waals surface area contributed by atoms with E-state index in [0.29, 0.717) is 11.3 Å². The highest BCUT2D eigenvalue weighted by Gasteiger charge is 2.28. The molecule has 0 bridgehead atoms. The molecule has 1 aromatic heterocycles. The molecule has 0 radical (unpaired) electrons. The normalized spacial score (nSPS) is 20.1. The Morgan fingerprint density at radius 1 is 1.35 bits per heavy atom. The molecule has 4 heteroatoms. The number of hydrogen-bond donors (Lipinski definition) is 0. The molecular weight excluding hydrogens is 216 g/mol. The van der Waals surface area contributed by atoms with Crippen LogP contribution in [0.3, 0.4) is 0 Å². The highest BCUT2D eigenvalue weighted by Crippen LogP contribution is 2.41. The molecule has 0 saturated heterocycles. The van der Waals surface area contributed by atoms with Crippen LogP contribution in [0.4, 0.5) is 5.69 Å². The fourth-order valence-electron chi connectivity index (χ4n) is 2.44. The van der Waals surface area contributed by atoms with Crippen LogP contribution in [0.15, 0.2) is 18.3 Å². The molecular formula is C13H18N2O2. The van der Waals surface area contributed by atoms with Crippen molar-refractivity contribution in [3.63, 3.8) is 0 Å². The SMILES string of the molecule is CC1(C)CCC(c2ccc([N+](=O)[O-])cn2)CC1. The summed E-state index contributed by atoms with van der Waals surface area (Å²) in [5.74, 6) is 0.476. The zero-order chi connectivity index (χ0) is 12.5. The summed E-state index contributed by atoms with van der Waals surface area (Å²) < 4.78 is 0. The van der Waals surface area contributed by atoms with Gasteiger partial charge in [-0.1, -0.05) is 13.8 Å². The summed E-state index contributed by atoms with van der Waals surface area (Å²) in [5, 5.41) is 10.5. The van der Waals surface area contributed by atoms with Crippen LogP contribution in [0, 0.1) is 15.5 Å². The van der Waals surface area contributed by atoms with Crippen molar-refractivity contribution in [1.29, 1.82) is 0 Å². The lowest BCUT2D eigenvalue weighted by molar-refractivity contribution is -0.385. The molecule has 17 heavy (non-hydrogen) atoms. The van der Waals surface area contributed by atoms with Gasteiger partial charge in [-0.3, -0.25) is 15.1 Å². The predicted octanol–water partition coefficient (Wildman–Crippen LogP) is 3.67. The van der Waals surface area contributed by atoms with Crippen molar-refractivity contribution < 1.29 is 4.92 Å². The Bertz CT molecular complexity index is 402. The molecule has 0 aromatic carbocycles. The van der Waals surface area contributed by atoms with E-state index >= 15 is 0 Å². The van der Waals surface area contributed by atoms with Gasteiger partial charge in [-0.2, -0.15) is 0 Å². The highest BCUT2D eigenvalue weighted by molar-refractivity contribution is 5.28. The van der Waals surface area contributed by atoms with Gasteiger partial charge in [0, 0.05) is 17.7 Å². The standard InChI is InChI=1S/C13H18N2O2/c1-13(2)7-5-10(6-8-13)12-4-3-11(9-14-12)15(16)17/h3-4,9-10H,5-8H2,1-2H3. The van der Waals surface area contributed by atoms with Gasteiger partial charge in [-0.15, -0.1) is 0 Å². The first-order chi connectivity index (χ1) is 7.98. The van der Waals surface area contributed by atoms with Gasteiger partial charge >= 0.3 is 0 Å². The van der Waals surface area contributed by atoms with Crippen molar-refractivity contribution in [2.75, 3.05) is 0 Å². The van der Waals surface area contributed by atoms with Gasteiger partial charge in [0.15, 0.2) is 0 Å². The second-order valence-corrected chi connectivity index (χ2v) is 5.64. The Balaban J connectivity index is 2.06. The van der Waals surface area contributed by atoms with E-state index in [2.05, 4.69) is 18.8 Å². The lowest BCUT2D eigenvalue weighted by atomic mass is 9.72. The Kier molecular flexibility index (Phi) is 3.13. The molecule has 1 aromatic rings. The summed E-state index contributed by atoms with van der Waals surface area (Å²) in [4.78, 5) is 14.4. The zero-order valence-electron chi connectivity index (χ0n) is 10.3. The van der Waals surface area contributed by atoms with Gasteiger partial charge in [0.1, 0.15) is 6.20 Å². The second-order valence-electron chi connectivity index (χ2n) is 5.64. The smallest absolute Gasteiger partial charge is 0.258 e. The minimum atomic E-state index is -0.402. The number of hydrogen-bond acceptors (Lipinski definition) is 3. The summed E-state index contributed by atoms with van der Waals surface area (Å²) in [5.41, 5.74) is 1.52. The number of nitrogens with zero attached hydrogens (tertiary/aromatic N) is 2. The fourth-order valence-corrected chi connectivity index (χ4v) is 2.44. The van der Waals surface area contributed by atoms with Crippen LogP contribution in [0.25, 0.3) is 0 Å². The van der Waals surface area contributed by atoms with E-state index < -0.39 is 4.92 Å². The molecule has 0 aliphatic heterocycles. The summed E-state index contributed by atoms with van der Waals surface area (Å²) in [6.07, 6.45) is 6.05. The molecule has 0 spiro atoms. The molecule has 92 valence electrons. The number of pyridine rings is 1. The Labute approximate surface area is 101 Å². The maximum Gasteiger partial charge on any atom is 0.287 e. The van der Waals surface area contributed by atoms with Crippen LogP contribution in [-0.4, -0.2) is 9.91 Å². The topological polar surface area (TPSA) is 56.0 Å². The lowest BCUT2D eigenvalue weighted by Gasteiger charge is -2.33. The Morgan fingerprint density at radius 3 is 2.47 bits per heavy atom. The van der Waals surface area contributed by atoms with E-state index in [1.54, 1.807) is 12.1 Å². The lowest BCUT2D eigenvalue weighted by Crippen LogP contribution is -2.20. The monoisotopic (exact) mass is 234 g/mol. The van der Waals surface area contributed by atoms with E-state index in [9.17, 15) is 10.1 Å². The summed E-state index contributed by atoms with van der Waals surface area (Å²) >= 11 is 0. The summed E-state index contributed by atoms with van der Waals surface area (Å²) in [6.45, 7) is 4.60. The molecule has 1 saturated carbocycles. The zero-order valence-corrected chi connectivity index (χ0v) is 10.3. The van der Waals surface area contributed by atoms with Gasteiger partial charge in [-0.05, 0) is 37.2 Å². The van der Waals surface area contributed by atoms with Crippen molar-refractivity contribution in [1.82, 2.24) is 4.98 Å². The van der Waals surface area contributed by atoms with Crippen molar-refractivity contribution in [2.45, 2.75) is 45.4 Å². The van der Waals surface area contributed by atoms with Crippen LogP contribution in [0.1, 0.15) is 51.1 Å². The average molecular weight is 234 g/mol. The second kappa shape index (κ2) is 4.43. The van der Waals surface area contributed by atoms with Crippen LogP contribution in [0.5, 0.6) is 0 Å². The molecule has 1 aliphatic carbocycles. The first-order valence-electron chi connectivity index (χ1n) is 6.08. The van der Waals surface area contributed by atoms with E-state index in [0.717, 1.165) is 18.5 Å². The first-order valence-corrected chi connectivity index (χ1v) is 6.08. The number of nitro groups is 1. The molecule has 0 amide bonds. The van der Waals surface area contributed by atoms with Crippen molar-refractivity contribution in [3.05, 3.63) is 34.1 Å². The van der Waals surface area contributed by atoms with Gasteiger partial charge in [0.05, 0.1) is 4.92 Å². The molecule has 0 atom stereocenters. The molecule has 2 rings (SSSR count). The number of aromatic nitrogens is 1. The van der Waals surface area contributed by atoms with E-state index in [1.807, 2.05) is 0 Å². The van der Waals surface area contributed by atoms with Crippen molar-refractivity contribution in [2.24, 2.45) is 5.41 Å². The third kappa shape index (κ3) is 2.81. The van der Waals surface area contributed by atoms with Gasteiger partial charge in [0.25, 0.3) is 5.69 Å². The van der Waals surface area contributed by atoms with Gasteiger partial charge < -0.3 is 0 Å². The summed E-state index contributed by atoms with van der Waals surface area (Å²) in [6, 6.07) is 3.36. The van der Waals surface area contributed by atoms with Crippen LogP contribution in [-0.2, 0) is 0 Å². The molecule has 4 nitrogen and oxygen atoms in total. The third-order valence-electron chi connectivity index (χ3n) is 3.74. The minimum Gasteiger partial charge on any atom is -0.258 e. The van der Waals surface area contributed by atoms with Crippen LogP contribution in [0.2, 0.25) is 0 Å². The van der Waals surface area contributed by atoms with Crippen LogP contribution < -0.4 is 0 Å². The quantitative estimate of drug-likeness (QED) is 0.579. The highest BCUT2D eigenvalue weighted by atomic mass is 16.6. The Morgan fingerprint density at radius 2 is 2.00 bits per heavy atom. The van der Waals surface area contributed by atoms with E-state index in [1.165, 1.54) is 19.0 Å². The maximum absolute atomic E-state index is 10.5. The molecule has 1 heterocycles. The average Bonchev–Trinajstić information content (AvgIpc) is 2.29. The fraction of sp³-hybridized carbons (Fsp3) is 0.615. The maximum atomic E-state index is 10.5. The van der Waals surface area contributed by atoms with Gasteiger partial charge in [0.2, 0.25) is 0 Å². The number of rotatable bonds is 2. The molecule has 1 aliphatic rings. The van der Waals surface area contributed by atoms with E-state index in [4.69, 9.17) is 0 Å². The van der Waals surface area contributed by atoms with Crippen molar-refractivity contribution in [3.8, 4) is 0 Å². The largest absolute Gasteiger partial charge is 0.287 e. The molecule has 0 unspecified atom stereocenters. The van der Waals surface area contributed by atoms with Gasteiger partial charge in [-0.25, -0.2) is 0 Å². The molecule has 0 N–H and O–H groups in total. The van der Waals surface area contributed by atoms with Crippen molar-refractivity contribution >= 4 is 5.69 Å². The predicted molar refractivity (Wildman–Crippen MR) is 65.9 cm³/mol. The minimum absolute atomic E-state index is 0.0740. The van der Waals surface area contributed by atoms with E-state index in [-0.39, 0.29) is 5.69 Å². The third-order valence-corrected chi connectivity index (χ3v) is 3.74. The van der Waals surface area contributed by atoms with Crippen LogP contribution >= 0.6 is 0 Å². The molecule has 1 fully saturated rings. The Hall–Kier alpha value is -1.45. The summed E-state index contributed by atoms with van der Waals surface area (Å²) in [7, 11) is 0.